The Balaban J connectivity index is 2.28. The van der Waals surface area contributed by atoms with E-state index in [9.17, 15) is 0 Å². The molecule has 0 radical (unpaired) electrons. The van der Waals surface area contributed by atoms with Crippen LogP contribution in [-0.4, -0.2) is 21.3 Å². The van der Waals surface area contributed by atoms with Gasteiger partial charge in [-0.05, 0) is 5.92 Å². The van der Waals surface area contributed by atoms with Crippen molar-refractivity contribution in [3.8, 4) is 0 Å². The van der Waals surface area contributed by atoms with Crippen LogP contribution in [-0.2, 0) is 6.54 Å². The summed E-state index contributed by atoms with van der Waals surface area (Å²) in [5, 5.41) is 7.72. The van der Waals surface area contributed by atoms with Crippen LogP contribution in [0, 0.1) is 5.92 Å². The highest BCUT2D eigenvalue weighted by atomic mass is 15.4. The van der Waals surface area contributed by atoms with Crippen LogP contribution in [0.4, 0.5) is 5.95 Å². The molecule has 0 saturated carbocycles. The van der Waals surface area contributed by atoms with Gasteiger partial charge in [-0.2, -0.15) is 10.1 Å². The van der Waals surface area contributed by atoms with Gasteiger partial charge in [0.2, 0.25) is 5.95 Å². The molecule has 4 heteroatoms. The van der Waals surface area contributed by atoms with E-state index in [1.165, 1.54) is 0 Å². The lowest BCUT2D eigenvalue weighted by Crippen LogP contribution is -2.25. The van der Waals surface area contributed by atoms with Crippen LogP contribution >= 0.6 is 0 Å². The molecule has 2 rings (SSSR count). The van der Waals surface area contributed by atoms with Crippen LogP contribution in [0.5, 0.6) is 0 Å². The summed E-state index contributed by atoms with van der Waals surface area (Å²) in [5.41, 5.74) is 0. The molecule has 0 aliphatic carbocycles. The number of hydrogen-bond donors (Lipinski definition) is 1. The number of rotatable bonds is 1. The van der Waals surface area contributed by atoms with Gasteiger partial charge in [-0.15, -0.1) is 0 Å². The van der Waals surface area contributed by atoms with Gasteiger partial charge in [0.05, 0.1) is 0 Å². The number of nitrogens with one attached hydrogen (secondary N) is 1. The third kappa shape index (κ3) is 1.53. The summed E-state index contributed by atoms with van der Waals surface area (Å²) in [6.45, 7) is 8.44. The Bertz CT molecular complexity index is 303. The standard InChI is InChI=1S/C9H16N4/c1-6(2)8-11-9-10-4-7(3)5-13(9)12-8/h6-7H,4-5H2,1-3H3,(H,10,11,12). The first-order valence-electron chi connectivity index (χ1n) is 4.85. The zero-order valence-electron chi connectivity index (χ0n) is 8.41. The lowest BCUT2D eigenvalue weighted by Gasteiger charge is -2.19. The predicted octanol–water partition coefficient (Wildman–Crippen LogP) is 1.46. The summed E-state index contributed by atoms with van der Waals surface area (Å²) in [6, 6.07) is 0. The van der Waals surface area contributed by atoms with Crippen molar-refractivity contribution < 1.29 is 0 Å². The van der Waals surface area contributed by atoms with Crippen molar-refractivity contribution in [1.82, 2.24) is 14.8 Å². The maximum absolute atomic E-state index is 4.44. The number of aromatic nitrogens is 3. The molecule has 0 saturated heterocycles. The van der Waals surface area contributed by atoms with Crippen LogP contribution in [0.1, 0.15) is 32.5 Å². The first kappa shape index (κ1) is 8.53. The molecule has 0 fully saturated rings. The molecule has 4 nitrogen and oxygen atoms in total. The minimum atomic E-state index is 0.412. The Kier molecular flexibility index (Phi) is 1.98. The summed E-state index contributed by atoms with van der Waals surface area (Å²) >= 11 is 0. The third-order valence-corrected chi connectivity index (χ3v) is 2.30. The summed E-state index contributed by atoms with van der Waals surface area (Å²) < 4.78 is 1.98. The minimum absolute atomic E-state index is 0.412. The quantitative estimate of drug-likeness (QED) is 0.711. The molecule has 1 aliphatic heterocycles. The maximum atomic E-state index is 4.44. The monoisotopic (exact) mass is 180 g/mol. The predicted molar refractivity (Wildman–Crippen MR) is 51.8 cm³/mol. The Hall–Kier alpha value is -1.06. The summed E-state index contributed by atoms with van der Waals surface area (Å²) in [5.74, 6) is 2.93. The first-order chi connectivity index (χ1) is 6.16. The van der Waals surface area contributed by atoms with E-state index in [1.807, 2.05) is 4.68 Å². The van der Waals surface area contributed by atoms with Crippen LogP contribution < -0.4 is 5.32 Å². The van der Waals surface area contributed by atoms with E-state index in [-0.39, 0.29) is 0 Å². The smallest absolute Gasteiger partial charge is 0.221 e. The van der Waals surface area contributed by atoms with Crippen LogP contribution in [0.3, 0.4) is 0 Å². The highest BCUT2D eigenvalue weighted by molar-refractivity contribution is 5.27. The number of anilines is 1. The normalized spacial score (nSPS) is 21.4. The van der Waals surface area contributed by atoms with E-state index in [2.05, 4.69) is 36.2 Å². The van der Waals surface area contributed by atoms with Crippen molar-refractivity contribution in [3.63, 3.8) is 0 Å². The Morgan fingerprint density at radius 1 is 1.54 bits per heavy atom. The van der Waals surface area contributed by atoms with Gasteiger partial charge in [0.1, 0.15) is 0 Å². The molecule has 13 heavy (non-hydrogen) atoms. The zero-order valence-corrected chi connectivity index (χ0v) is 8.41. The highest BCUT2D eigenvalue weighted by Gasteiger charge is 2.18. The lowest BCUT2D eigenvalue weighted by molar-refractivity contribution is 0.440. The molecule has 1 aromatic heterocycles. The van der Waals surface area contributed by atoms with Crippen molar-refractivity contribution in [2.45, 2.75) is 33.2 Å². The number of fused-ring (bicyclic) bond motifs is 1. The third-order valence-electron chi connectivity index (χ3n) is 2.30. The Morgan fingerprint density at radius 2 is 2.31 bits per heavy atom. The van der Waals surface area contributed by atoms with E-state index in [0.29, 0.717) is 11.8 Å². The lowest BCUT2D eigenvalue weighted by atomic mass is 10.1. The largest absolute Gasteiger partial charge is 0.354 e. The summed E-state index contributed by atoms with van der Waals surface area (Å²) in [4.78, 5) is 4.43. The molecule has 0 bridgehead atoms. The molecule has 0 amide bonds. The molecule has 1 unspecified atom stereocenters. The Labute approximate surface area is 78.4 Å². The van der Waals surface area contributed by atoms with E-state index >= 15 is 0 Å². The van der Waals surface area contributed by atoms with E-state index in [4.69, 9.17) is 0 Å². The molecule has 1 N–H and O–H groups in total. The first-order valence-corrected chi connectivity index (χ1v) is 4.85. The molecule has 72 valence electrons. The fraction of sp³-hybridized carbons (Fsp3) is 0.778. The molecule has 1 aromatic rings. The van der Waals surface area contributed by atoms with Gasteiger partial charge in [0, 0.05) is 19.0 Å². The second-order valence-electron chi connectivity index (χ2n) is 4.12. The average molecular weight is 180 g/mol. The van der Waals surface area contributed by atoms with Gasteiger partial charge in [0.15, 0.2) is 5.82 Å². The minimum Gasteiger partial charge on any atom is -0.354 e. The van der Waals surface area contributed by atoms with Crippen molar-refractivity contribution in [3.05, 3.63) is 5.82 Å². The van der Waals surface area contributed by atoms with E-state index < -0.39 is 0 Å². The fourth-order valence-corrected chi connectivity index (χ4v) is 1.49. The SMILES string of the molecule is CC1CNc2nc(C(C)C)nn2C1. The summed E-state index contributed by atoms with van der Waals surface area (Å²) in [7, 11) is 0. The van der Waals surface area contributed by atoms with Crippen LogP contribution in [0.15, 0.2) is 0 Å². The van der Waals surface area contributed by atoms with Crippen molar-refractivity contribution >= 4 is 5.95 Å². The highest BCUT2D eigenvalue weighted by Crippen LogP contribution is 2.18. The average Bonchev–Trinajstić information content (AvgIpc) is 2.46. The number of hydrogen-bond acceptors (Lipinski definition) is 3. The molecule has 2 heterocycles. The zero-order chi connectivity index (χ0) is 9.42. The van der Waals surface area contributed by atoms with Gasteiger partial charge in [-0.1, -0.05) is 20.8 Å². The molecule has 1 aliphatic rings. The van der Waals surface area contributed by atoms with E-state index in [0.717, 1.165) is 24.9 Å². The second kappa shape index (κ2) is 3.01. The van der Waals surface area contributed by atoms with Gasteiger partial charge in [0.25, 0.3) is 0 Å². The Morgan fingerprint density at radius 3 is 3.00 bits per heavy atom. The molecular weight excluding hydrogens is 164 g/mol. The van der Waals surface area contributed by atoms with Gasteiger partial charge >= 0.3 is 0 Å². The topological polar surface area (TPSA) is 42.7 Å². The van der Waals surface area contributed by atoms with Crippen LogP contribution in [0.2, 0.25) is 0 Å². The number of nitrogens with zero attached hydrogens (tertiary/aromatic N) is 3. The summed E-state index contributed by atoms with van der Waals surface area (Å²) in [6.07, 6.45) is 0. The van der Waals surface area contributed by atoms with Crippen molar-refractivity contribution in [2.24, 2.45) is 5.92 Å². The van der Waals surface area contributed by atoms with Crippen LogP contribution in [0.25, 0.3) is 0 Å². The maximum Gasteiger partial charge on any atom is 0.221 e. The second-order valence-corrected chi connectivity index (χ2v) is 4.12. The molecule has 1 atom stereocenters. The molecular formula is C9H16N4. The molecule has 0 aromatic carbocycles. The van der Waals surface area contributed by atoms with Gasteiger partial charge in [-0.25, -0.2) is 4.68 Å². The fourth-order valence-electron chi connectivity index (χ4n) is 1.49. The van der Waals surface area contributed by atoms with Crippen molar-refractivity contribution in [1.29, 1.82) is 0 Å². The molecule has 0 spiro atoms. The van der Waals surface area contributed by atoms with Crippen molar-refractivity contribution in [2.75, 3.05) is 11.9 Å². The van der Waals surface area contributed by atoms with Gasteiger partial charge < -0.3 is 5.32 Å². The van der Waals surface area contributed by atoms with Gasteiger partial charge in [-0.3, -0.25) is 0 Å². The van der Waals surface area contributed by atoms with E-state index in [1.54, 1.807) is 0 Å².